The summed E-state index contributed by atoms with van der Waals surface area (Å²) in [5.74, 6) is 0. The summed E-state index contributed by atoms with van der Waals surface area (Å²) in [6, 6.07) is 6.67. The van der Waals surface area contributed by atoms with Gasteiger partial charge in [0.1, 0.15) is 6.07 Å². The molecule has 0 amide bonds. The zero-order chi connectivity index (χ0) is 11.4. The van der Waals surface area contributed by atoms with Gasteiger partial charge in [0.25, 0.3) is 6.43 Å². The van der Waals surface area contributed by atoms with E-state index in [1.165, 1.54) is 11.9 Å². The van der Waals surface area contributed by atoms with E-state index >= 15 is 0 Å². The average Bonchev–Trinajstić information content (AvgIpc) is 2.16. The highest BCUT2D eigenvalue weighted by Crippen LogP contribution is 2.26. The van der Waals surface area contributed by atoms with E-state index in [1.54, 1.807) is 18.2 Å². The van der Waals surface area contributed by atoms with Crippen LogP contribution in [0.2, 0.25) is 5.02 Å². The van der Waals surface area contributed by atoms with Crippen LogP contribution in [0.1, 0.15) is 5.56 Å². The fourth-order valence-corrected chi connectivity index (χ4v) is 1.46. The second-order valence-corrected chi connectivity index (χ2v) is 3.42. The Morgan fingerprint density at radius 1 is 1.53 bits per heavy atom. The van der Waals surface area contributed by atoms with Crippen LogP contribution in [0.15, 0.2) is 18.2 Å². The number of alkyl halides is 2. The van der Waals surface area contributed by atoms with Crippen molar-refractivity contribution in [3.05, 3.63) is 28.8 Å². The summed E-state index contributed by atoms with van der Waals surface area (Å²) in [5, 5.41) is 9.11. The maximum atomic E-state index is 12.1. The van der Waals surface area contributed by atoms with Gasteiger partial charge < -0.3 is 4.90 Å². The third-order valence-electron chi connectivity index (χ3n) is 1.93. The van der Waals surface area contributed by atoms with Gasteiger partial charge in [-0.25, -0.2) is 8.78 Å². The number of benzene rings is 1. The van der Waals surface area contributed by atoms with Gasteiger partial charge in [0.2, 0.25) is 0 Å². The Morgan fingerprint density at radius 3 is 2.73 bits per heavy atom. The molecule has 0 fully saturated rings. The van der Waals surface area contributed by atoms with Crippen LogP contribution in [0.3, 0.4) is 0 Å². The van der Waals surface area contributed by atoms with Crippen molar-refractivity contribution in [3.63, 3.8) is 0 Å². The molecule has 0 unspecified atom stereocenters. The van der Waals surface area contributed by atoms with Crippen molar-refractivity contribution in [3.8, 4) is 6.07 Å². The molecule has 0 N–H and O–H groups in total. The highest BCUT2D eigenvalue weighted by atomic mass is 35.5. The molecule has 0 atom stereocenters. The summed E-state index contributed by atoms with van der Waals surface area (Å²) in [5.41, 5.74) is 0.646. The fourth-order valence-electron chi connectivity index (χ4n) is 1.25. The lowest BCUT2D eigenvalue weighted by Crippen LogP contribution is -2.24. The molecule has 1 rings (SSSR count). The van der Waals surface area contributed by atoms with Gasteiger partial charge in [-0.15, -0.1) is 0 Å². The van der Waals surface area contributed by atoms with Crippen molar-refractivity contribution in [2.24, 2.45) is 0 Å². The highest BCUT2D eigenvalue weighted by molar-refractivity contribution is 6.32. The van der Waals surface area contributed by atoms with Crippen molar-refractivity contribution < 1.29 is 8.78 Å². The Morgan fingerprint density at radius 2 is 2.20 bits per heavy atom. The number of rotatable bonds is 3. The van der Waals surface area contributed by atoms with Gasteiger partial charge in [-0.3, -0.25) is 0 Å². The first-order valence-electron chi connectivity index (χ1n) is 4.24. The standard InChI is InChI=1S/C10H9ClF2N2/c1-15(6-10(12)13)9-4-2-3-8(11)7(9)5-14/h2-4,10H,6H2,1H3. The smallest absolute Gasteiger partial charge is 0.255 e. The molecule has 0 heterocycles. The van der Waals surface area contributed by atoms with Crippen molar-refractivity contribution in [1.29, 1.82) is 5.26 Å². The zero-order valence-electron chi connectivity index (χ0n) is 8.04. The molecule has 80 valence electrons. The van der Waals surface area contributed by atoms with Gasteiger partial charge in [-0.2, -0.15) is 5.26 Å². The molecule has 0 saturated carbocycles. The van der Waals surface area contributed by atoms with Gasteiger partial charge in [0, 0.05) is 7.05 Å². The summed E-state index contributed by atoms with van der Waals surface area (Å²) in [7, 11) is 1.50. The average molecular weight is 231 g/mol. The minimum atomic E-state index is -2.44. The Hall–Kier alpha value is -1.34. The zero-order valence-corrected chi connectivity index (χ0v) is 8.80. The second kappa shape index (κ2) is 4.94. The van der Waals surface area contributed by atoms with Gasteiger partial charge >= 0.3 is 0 Å². The molecule has 2 nitrogen and oxygen atoms in total. The first kappa shape index (κ1) is 11.7. The fraction of sp³-hybridized carbons (Fsp3) is 0.300. The molecule has 0 aromatic heterocycles. The number of hydrogen-bond donors (Lipinski definition) is 0. The van der Waals surface area contributed by atoms with Crippen LogP contribution in [0.4, 0.5) is 14.5 Å². The van der Waals surface area contributed by atoms with Crippen LogP contribution in [0.25, 0.3) is 0 Å². The van der Waals surface area contributed by atoms with E-state index in [4.69, 9.17) is 16.9 Å². The van der Waals surface area contributed by atoms with Crippen LogP contribution >= 0.6 is 11.6 Å². The third-order valence-corrected chi connectivity index (χ3v) is 2.24. The molecule has 0 aliphatic rings. The number of anilines is 1. The van der Waals surface area contributed by atoms with Crippen molar-refractivity contribution in [2.45, 2.75) is 6.43 Å². The van der Waals surface area contributed by atoms with E-state index in [0.29, 0.717) is 5.69 Å². The summed E-state index contributed by atoms with van der Waals surface area (Å²) < 4.78 is 24.3. The quantitative estimate of drug-likeness (QED) is 0.798. The molecule has 5 heteroatoms. The molecule has 0 bridgehead atoms. The van der Waals surface area contributed by atoms with Crippen molar-refractivity contribution in [2.75, 3.05) is 18.5 Å². The van der Waals surface area contributed by atoms with E-state index in [9.17, 15) is 8.78 Å². The Balaban J connectivity index is 3.04. The minimum absolute atomic E-state index is 0.224. The van der Waals surface area contributed by atoms with Gasteiger partial charge in [-0.1, -0.05) is 17.7 Å². The van der Waals surface area contributed by atoms with E-state index in [-0.39, 0.29) is 10.6 Å². The second-order valence-electron chi connectivity index (χ2n) is 3.02. The Bertz CT molecular complexity index is 387. The lowest BCUT2D eigenvalue weighted by atomic mass is 10.2. The monoisotopic (exact) mass is 230 g/mol. The topological polar surface area (TPSA) is 27.0 Å². The van der Waals surface area contributed by atoms with Crippen LogP contribution in [-0.4, -0.2) is 20.0 Å². The molecule has 1 aromatic rings. The Kier molecular flexibility index (Phi) is 3.87. The van der Waals surface area contributed by atoms with Gasteiger partial charge in [0.15, 0.2) is 0 Å². The summed E-state index contributed by atoms with van der Waals surface area (Å²) in [6.07, 6.45) is -2.44. The van der Waals surface area contributed by atoms with E-state index in [2.05, 4.69) is 0 Å². The predicted molar refractivity (Wildman–Crippen MR) is 55.4 cm³/mol. The molecule has 0 aliphatic carbocycles. The molecular formula is C10H9ClF2N2. The van der Waals surface area contributed by atoms with E-state index in [0.717, 1.165) is 0 Å². The molecular weight excluding hydrogens is 222 g/mol. The SMILES string of the molecule is CN(CC(F)F)c1cccc(Cl)c1C#N. The largest absolute Gasteiger partial charge is 0.368 e. The first-order chi connectivity index (χ1) is 7.06. The molecule has 0 aliphatic heterocycles. The van der Waals surface area contributed by atoms with Gasteiger partial charge in [-0.05, 0) is 12.1 Å². The van der Waals surface area contributed by atoms with Crippen molar-refractivity contribution >= 4 is 17.3 Å². The predicted octanol–water partition coefficient (Wildman–Crippen LogP) is 2.91. The maximum Gasteiger partial charge on any atom is 0.255 e. The Labute approximate surface area is 91.7 Å². The number of nitrogens with zero attached hydrogens (tertiary/aromatic N) is 2. The third kappa shape index (κ3) is 2.80. The molecule has 15 heavy (non-hydrogen) atoms. The first-order valence-corrected chi connectivity index (χ1v) is 4.62. The summed E-state index contributed by atoms with van der Waals surface area (Å²) >= 11 is 5.77. The molecule has 0 spiro atoms. The number of halogens is 3. The lowest BCUT2D eigenvalue weighted by Gasteiger charge is -2.20. The molecule has 0 saturated heterocycles. The van der Waals surface area contributed by atoms with Crippen LogP contribution in [0.5, 0.6) is 0 Å². The summed E-state index contributed by atoms with van der Waals surface area (Å²) in [4.78, 5) is 1.31. The van der Waals surface area contributed by atoms with Crippen LogP contribution in [0, 0.1) is 11.3 Å². The van der Waals surface area contributed by atoms with E-state index in [1.807, 2.05) is 6.07 Å². The molecule has 0 radical (unpaired) electrons. The van der Waals surface area contributed by atoms with Crippen LogP contribution in [-0.2, 0) is 0 Å². The maximum absolute atomic E-state index is 12.1. The number of hydrogen-bond acceptors (Lipinski definition) is 2. The minimum Gasteiger partial charge on any atom is -0.368 e. The summed E-state index contributed by atoms with van der Waals surface area (Å²) in [6.45, 7) is -0.422. The lowest BCUT2D eigenvalue weighted by molar-refractivity contribution is 0.156. The number of nitriles is 1. The highest BCUT2D eigenvalue weighted by Gasteiger charge is 2.13. The van der Waals surface area contributed by atoms with Crippen LogP contribution < -0.4 is 4.90 Å². The normalized spacial score (nSPS) is 10.1. The van der Waals surface area contributed by atoms with Crippen molar-refractivity contribution in [1.82, 2.24) is 0 Å². The van der Waals surface area contributed by atoms with Gasteiger partial charge in [0.05, 0.1) is 22.8 Å². The molecule has 1 aromatic carbocycles. The van der Waals surface area contributed by atoms with E-state index < -0.39 is 13.0 Å².